The van der Waals surface area contributed by atoms with Gasteiger partial charge in [-0.25, -0.2) is 0 Å². The summed E-state index contributed by atoms with van der Waals surface area (Å²) in [6.07, 6.45) is 0. The van der Waals surface area contributed by atoms with Crippen LogP contribution in [0.25, 0.3) is 0 Å². The summed E-state index contributed by atoms with van der Waals surface area (Å²) >= 11 is 5.82. The van der Waals surface area contributed by atoms with Crippen LogP contribution < -0.4 is 20.7 Å². The quantitative estimate of drug-likeness (QED) is 0.546. The van der Waals surface area contributed by atoms with Crippen LogP contribution in [0.15, 0.2) is 18.2 Å². The van der Waals surface area contributed by atoms with E-state index in [1.54, 1.807) is 12.1 Å². The average Bonchev–Trinajstić information content (AvgIpc) is 2.43. The topological polar surface area (TPSA) is 96.5 Å². The number of anilines is 1. The molecule has 0 atom stereocenters. The Kier molecular flexibility index (Phi) is 6.48. The van der Waals surface area contributed by atoms with Gasteiger partial charge in [0.15, 0.2) is 0 Å². The first-order chi connectivity index (χ1) is 9.93. The van der Waals surface area contributed by atoms with E-state index in [-0.39, 0.29) is 19.0 Å². The van der Waals surface area contributed by atoms with Crippen molar-refractivity contribution in [3.05, 3.63) is 23.2 Å². The minimum absolute atomic E-state index is 0.151. The molecule has 0 aromatic heterocycles. The highest BCUT2D eigenvalue weighted by atomic mass is 35.5. The first-order valence-corrected chi connectivity index (χ1v) is 6.49. The van der Waals surface area contributed by atoms with Crippen LogP contribution in [0.1, 0.15) is 6.92 Å². The Bertz CT molecular complexity index is 548. The fourth-order valence-corrected chi connectivity index (χ4v) is 1.62. The van der Waals surface area contributed by atoms with E-state index in [1.807, 2.05) is 0 Å². The Morgan fingerprint density at radius 2 is 1.81 bits per heavy atom. The third-order valence-electron chi connectivity index (χ3n) is 2.40. The molecular weight excluding hydrogens is 298 g/mol. The molecule has 0 bridgehead atoms. The summed E-state index contributed by atoms with van der Waals surface area (Å²) in [6, 6.07) is 4.65. The Morgan fingerprint density at radius 1 is 1.14 bits per heavy atom. The van der Waals surface area contributed by atoms with Gasteiger partial charge in [0.25, 0.3) is 0 Å². The van der Waals surface area contributed by atoms with Crippen LogP contribution in [-0.4, -0.2) is 37.9 Å². The molecule has 0 aliphatic rings. The predicted octanol–water partition coefficient (Wildman–Crippen LogP) is 0.539. The highest BCUT2D eigenvalue weighted by molar-refractivity contribution is 6.40. The SMILES string of the molecule is COc1ccc(Cl)cc1NC(=O)C(=O)NCCNC(C)=O. The Balaban J connectivity index is 2.54. The van der Waals surface area contributed by atoms with Gasteiger partial charge in [0.2, 0.25) is 5.91 Å². The van der Waals surface area contributed by atoms with Crippen molar-refractivity contribution in [2.75, 3.05) is 25.5 Å². The van der Waals surface area contributed by atoms with Gasteiger partial charge in [-0.3, -0.25) is 14.4 Å². The second kappa shape index (κ2) is 8.11. The molecule has 0 aliphatic carbocycles. The number of methoxy groups -OCH3 is 1. The predicted molar refractivity (Wildman–Crippen MR) is 78.3 cm³/mol. The van der Waals surface area contributed by atoms with E-state index < -0.39 is 11.8 Å². The highest BCUT2D eigenvalue weighted by Crippen LogP contribution is 2.27. The molecule has 0 radical (unpaired) electrons. The normalized spacial score (nSPS) is 9.67. The zero-order valence-corrected chi connectivity index (χ0v) is 12.4. The van der Waals surface area contributed by atoms with Gasteiger partial charge in [0, 0.05) is 25.0 Å². The van der Waals surface area contributed by atoms with E-state index >= 15 is 0 Å². The van der Waals surface area contributed by atoms with Gasteiger partial charge in [0.1, 0.15) is 5.75 Å². The van der Waals surface area contributed by atoms with Crippen LogP contribution >= 0.6 is 11.6 Å². The molecule has 3 N–H and O–H groups in total. The fraction of sp³-hybridized carbons (Fsp3) is 0.308. The third-order valence-corrected chi connectivity index (χ3v) is 2.64. The minimum atomic E-state index is -0.849. The number of carbonyl (C=O) groups excluding carboxylic acids is 3. The van der Waals surface area contributed by atoms with Gasteiger partial charge in [-0.05, 0) is 18.2 Å². The van der Waals surface area contributed by atoms with E-state index in [2.05, 4.69) is 16.0 Å². The van der Waals surface area contributed by atoms with Gasteiger partial charge in [-0.2, -0.15) is 0 Å². The Hall–Kier alpha value is -2.28. The molecular formula is C13H16ClN3O4. The summed E-state index contributed by atoms with van der Waals surface area (Å²) in [7, 11) is 1.44. The maximum atomic E-state index is 11.7. The van der Waals surface area contributed by atoms with Gasteiger partial charge < -0.3 is 20.7 Å². The molecule has 0 fully saturated rings. The van der Waals surface area contributed by atoms with Crippen LogP contribution in [-0.2, 0) is 14.4 Å². The fourth-order valence-electron chi connectivity index (χ4n) is 1.45. The lowest BCUT2D eigenvalue weighted by molar-refractivity contribution is -0.136. The molecule has 0 saturated heterocycles. The first kappa shape index (κ1) is 16.8. The minimum Gasteiger partial charge on any atom is -0.495 e. The molecule has 1 aromatic carbocycles. The van der Waals surface area contributed by atoms with Crippen LogP contribution in [0.5, 0.6) is 5.75 Å². The number of benzene rings is 1. The number of hydrogen-bond acceptors (Lipinski definition) is 4. The summed E-state index contributed by atoms with van der Waals surface area (Å²) < 4.78 is 5.05. The molecule has 0 spiro atoms. The average molecular weight is 314 g/mol. The first-order valence-electron chi connectivity index (χ1n) is 6.11. The van der Waals surface area contributed by atoms with Gasteiger partial charge in [0.05, 0.1) is 12.8 Å². The summed E-state index contributed by atoms with van der Waals surface area (Å²) in [6.45, 7) is 1.76. The Labute approximate surface area is 127 Å². The number of halogens is 1. The summed E-state index contributed by atoms with van der Waals surface area (Å²) in [5.74, 6) is -1.49. The van der Waals surface area contributed by atoms with E-state index in [9.17, 15) is 14.4 Å². The molecule has 1 rings (SSSR count). The maximum Gasteiger partial charge on any atom is 0.313 e. The van der Waals surface area contributed by atoms with E-state index in [4.69, 9.17) is 16.3 Å². The maximum absolute atomic E-state index is 11.7. The zero-order valence-electron chi connectivity index (χ0n) is 11.7. The number of nitrogens with one attached hydrogen (secondary N) is 3. The Morgan fingerprint density at radius 3 is 2.43 bits per heavy atom. The molecule has 0 saturated carbocycles. The van der Waals surface area contributed by atoms with Crippen LogP contribution in [0.3, 0.4) is 0 Å². The highest BCUT2D eigenvalue weighted by Gasteiger charge is 2.15. The molecule has 3 amide bonds. The number of carbonyl (C=O) groups is 3. The molecule has 0 unspecified atom stereocenters. The standard InChI is InChI=1S/C13H16ClN3O4/c1-8(18)15-5-6-16-12(19)13(20)17-10-7-9(14)3-4-11(10)21-2/h3-4,7H,5-6H2,1-2H3,(H,15,18)(H,16,19)(H,17,20). The molecule has 1 aromatic rings. The summed E-state index contributed by atoms with van der Waals surface area (Å²) in [4.78, 5) is 33.9. The lowest BCUT2D eigenvalue weighted by Gasteiger charge is -2.10. The van der Waals surface area contributed by atoms with Crippen molar-refractivity contribution in [3.63, 3.8) is 0 Å². The third kappa shape index (κ3) is 5.70. The molecule has 114 valence electrons. The number of rotatable bonds is 5. The molecule has 8 heteroatoms. The van der Waals surface area contributed by atoms with E-state index in [0.717, 1.165) is 0 Å². The van der Waals surface area contributed by atoms with Crippen LogP contribution in [0.2, 0.25) is 5.02 Å². The molecule has 0 heterocycles. The largest absolute Gasteiger partial charge is 0.495 e. The van der Waals surface area contributed by atoms with Crippen molar-refractivity contribution in [1.82, 2.24) is 10.6 Å². The van der Waals surface area contributed by atoms with Crippen LogP contribution in [0.4, 0.5) is 5.69 Å². The lowest BCUT2D eigenvalue weighted by Crippen LogP contribution is -2.39. The second-order valence-corrected chi connectivity index (χ2v) is 4.47. The molecule has 7 nitrogen and oxygen atoms in total. The zero-order chi connectivity index (χ0) is 15.8. The smallest absolute Gasteiger partial charge is 0.313 e. The van der Waals surface area contributed by atoms with Gasteiger partial charge in [-0.1, -0.05) is 11.6 Å². The van der Waals surface area contributed by atoms with Crippen molar-refractivity contribution in [2.45, 2.75) is 6.92 Å². The molecule has 21 heavy (non-hydrogen) atoms. The van der Waals surface area contributed by atoms with Gasteiger partial charge in [-0.15, -0.1) is 0 Å². The number of hydrogen-bond donors (Lipinski definition) is 3. The van der Waals surface area contributed by atoms with E-state index in [0.29, 0.717) is 16.5 Å². The molecule has 0 aliphatic heterocycles. The van der Waals surface area contributed by atoms with Gasteiger partial charge >= 0.3 is 11.8 Å². The second-order valence-electron chi connectivity index (χ2n) is 4.04. The summed E-state index contributed by atoms with van der Waals surface area (Å²) in [5, 5.41) is 7.67. The monoisotopic (exact) mass is 313 g/mol. The van der Waals surface area contributed by atoms with Crippen molar-refractivity contribution in [2.24, 2.45) is 0 Å². The van der Waals surface area contributed by atoms with Crippen molar-refractivity contribution in [1.29, 1.82) is 0 Å². The number of ether oxygens (including phenoxy) is 1. The lowest BCUT2D eigenvalue weighted by atomic mass is 10.3. The van der Waals surface area contributed by atoms with E-state index in [1.165, 1.54) is 20.1 Å². The number of amides is 3. The van der Waals surface area contributed by atoms with Crippen molar-refractivity contribution in [3.8, 4) is 5.75 Å². The van der Waals surface area contributed by atoms with Crippen molar-refractivity contribution >= 4 is 35.0 Å². The summed E-state index contributed by atoms with van der Waals surface area (Å²) in [5.41, 5.74) is 0.298. The van der Waals surface area contributed by atoms with Crippen LogP contribution in [0, 0.1) is 0 Å². The van der Waals surface area contributed by atoms with Crippen molar-refractivity contribution < 1.29 is 19.1 Å².